The summed E-state index contributed by atoms with van der Waals surface area (Å²) < 4.78 is 2.28. The first-order valence-electron chi connectivity index (χ1n) is 10.1. The summed E-state index contributed by atoms with van der Waals surface area (Å²) in [6.07, 6.45) is 4.36. The molecule has 0 spiro atoms. The number of aryl methyl sites for hydroxylation is 1. The Kier molecular flexibility index (Phi) is 5.96. The Morgan fingerprint density at radius 1 is 1.15 bits per heavy atom. The lowest BCUT2D eigenvalue weighted by Gasteiger charge is -2.28. The van der Waals surface area contributed by atoms with Gasteiger partial charge in [0, 0.05) is 31.5 Å². The van der Waals surface area contributed by atoms with Crippen LogP contribution in [0.15, 0.2) is 18.2 Å². The van der Waals surface area contributed by atoms with Crippen molar-refractivity contribution in [1.82, 2.24) is 19.7 Å². The second-order valence-corrected chi connectivity index (χ2v) is 8.51. The largest absolute Gasteiger partial charge is 0.315 e. The number of hydrogen-bond acceptors (Lipinski definition) is 4. The van der Waals surface area contributed by atoms with Crippen molar-refractivity contribution in [2.45, 2.75) is 71.9 Å². The first-order chi connectivity index (χ1) is 12.9. The van der Waals surface area contributed by atoms with Gasteiger partial charge in [-0.1, -0.05) is 26.8 Å². The second-order valence-electron chi connectivity index (χ2n) is 8.51. The topological polar surface area (TPSA) is 57.7 Å². The van der Waals surface area contributed by atoms with E-state index in [-0.39, 0.29) is 5.41 Å². The highest BCUT2D eigenvalue weighted by Gasteiger charge is 2.23. The summed E-state index contributed by atoms with van der Waals surface area (Å²) in [6, 6.07) is 8.36. The summed E-state index contributed by atoms with van der Waals surface area (Å²) in [7, 11) is 0. The Balaban J connectivity index is 1.51. The zero-order chi connectivity index (χ0) is 19.4. The van der Waals surface area contributed by atoms with E-state index >= 15 is 0 Å². The highest BCUT2D eigenvalue weighted by atomic mass is 15.3. The predicted octanol–water partition coefficient (Wildman–Crippen LogP) is 3.85. The van der Waals surface area contributed by atoms with Gasteiger partial charge in [0.15, 0.2) is 0 Å². The molecule has 144 valence electrons. The monoisotopic (exact) mass is 365 g/mol. The maximum atomic E-state index is 9.10. The molecular weight excluding hydrogens is 334 g/mol. The van der Waals surface area contributed by atoms with Crippen molar-refractivity contribution in [3.8, 4) is 6.07 Å². The fourth-order valence-corrected chi connectivity index (χ4v) is 3.90. The van der Waals surface area contributed by atoms with Gasteiger partial charge >= 0.3 is 0 Å². The summed E-state index contributed by atoms with van der Waals surface area (Å²) >= 11 is 0. The summed E-state index contributed by atoms with van der Waals surface area (Å²) in [5.41, 5.74) is 3.52. The van der Waals surface area contributed by atoms with Crippen molar-refractivity contribution >= 4 is 0 Å². The van der Waals surface area contributed by atoms with E-state index in [1.165, 1.54) is 11.1 Å². The number of nitrogens with zero attached hydrogens (tertiary/aromatic N) is 5. The molecule has 0 amide bonds. The van der Waals surface area contributed by atoms with E-state index in [1.807, 2.05) is 6.07 Å². The maximum absolute atomic E-state index is 9.10. The van der Waals surface area contributed by atoms with Gasteiger partial charge in [-0.3, -0.25) is 4.90 Å². The molecular formula is C22H31N5. The third kappa shape index (κ3) is 4.56. The molecule has 0 fully saturated rings. The molecule has 0 saturated heterocycles. The highest BCUT2D eigenvalue weighted by molar-refractivity contribution is 5.39. The lowest BCUT2D eigenvalue weighted by Crippen LogP contribution is -2.31. The van der Waals surface area contributed by atoms with Crippen LogP contribution in [-0.4, -0.2) is 32.8 Å². The van der Waals surface area contributed by atoms with Crippen LogP contribution in [0.25, 0.3) is 0 Å². The van der Waals surface area contributed by atoms with Crippen LogP contribution in [0.1, 0.15) is 68.9 Å². The zero-order valence-corrected chi connectivity index (χ0v) is 17.1. The van der Waals surface area contributed by atoms with Gasteiger partial charge < -0.3 is 4.57 Å². The minimum Gasteiger partial charge on any atom is -0.315 e. The molecule has 27 heavy (non-hydrogen) atoms. The molecule has 2 heterocycles. The molecule has 1 aliphatic heterocycles. The smallest absolute Gasteiger partial charge is 0.138 e. The minimum atomic E-state index is 0.0325. The lowest BCUT2D eigenvalue weighted by atomic mass is 9.95. The van der Waals surface area contributed by atoms with E-state index in [2.05, 4.69) is 65.6 Å². The lowest BCUT2D eigenvalue weighted by molar-refractivity contribution is 0.248. The van der Waals surface area contributed by atoms with Crippen molar-refractivity contribution in [3.05, 3.63) is 46.5 Å². The third-order valence-electron chi connectivity index (χ3n) is 5.37. The van der Waals surface area contributed by atoms with Crippen LogP contribution in [-0.2, 0) is 31.3 Å². The summed E-state index contributed by atoms with van der Waals surface area (Å²) in [6.45, 7) is 12.9. The average Bonchev–Trinajstić information content (AvgIpc) is 3.08. The van der Waals surface area contributed by atoms with Crippen LogP contribution in [0.3, 0.4) is 0 Å². The van der Waals surface area contributed by atoms with Crippen molar-refractivity contribution in [3.63, 3.8) is 0 Å². The molecule has 5 nitrogen and oxygen atoms in total. The Bertz CT molecular complexity index is 822. The normalized spacial score (nSPS) is 14.8. The van der Waals surface area contributed by atoms with Gasteiger partial charge in [-0.2, -0.15) is 5.26 Å². The van der Waals surface area contributed by atoms with E-state index in [0.29, 0.717) is 0 Å². The molecule has 0 aliphatic carbocycles. The highest BCUT2D eigenvalue weighted by Crippen LogP contribution is 2.22. The summed E-state index contributed by atoms with van der Waals surface area (Å²) in [4.78, 5) is 2.51. The summed E-state index contributed by atoms with van der Waals surface area (Å²) in [5.74, 6) is 2.20. The van der Waals surface area contributed by atoms with Gasteiger partial charge in [0.25, 0.3) is 0 Å². The molecule has 0 unspecified atom stereocenters. The molecule has 0 radical (unpaired) electrons. The Morgan fingerprint density at radius 2 is 1.96 bits per heavy atom. The fraction of sp³-hybridized carbons (Fsp3) is 0.591. The predicted molar refractivity (Wildman–Crippen MR) is 107 cm³/mol. The van der Waals surface area contributed by atoms with Crippen molar-refractivity contribution < 1.29 is 0 Å². The quantitative estimate of drug-likeness (QED) is 0.730. The van der Waals surface area contributed by atoms with E-state index in [4.69, 9.17) is 5.26 Å². The van der Waals surface area contributed by atoms with Gasteiger partial charge in [0.1, 0.15) is 11.6 Å². The van der Waals surface area contributed by atoms with Crippen LogP contribution < -0.4 is 0 Å². The number of unbranched alkanes of at least 4 members (excludes halogenated alkanes) is 1. The standard InChI is InChI=1S/C22H31N5/c1-5-27-20(24-25-21(27)22(2,3)4)8-6-7-12-26-13-11-18-10-9-17(15-23)14-19(18)16-26/h9-10,14H,5-8,11-13,16H2,1-4H3. The average molecular weight is 366 g/mol. The van der Waals surface area contributed by atoms with Crippen LogP contribution in [0, 0.1) is 11.3 Å². The van der Waals surface area contributed by atoms with Gasteiger partial charge in [0.05, 0.1) is 11.6 Å². The molecule has 2 aromatic rings. The van der Waals surface area contributed by atoms with Crippen molar-refractivity contribution in [1.29, 1.82) is 5.26 Å². The van der Waals surface area contributed by atoms with Gasteiger partial charge in [-0.25, -0.2) is 0 Å². The second kappa shape index (κ2) is 8.22. The third-order valence-corrected chi connectivity index (χ3v) is 5.37. The Labute approximate surface area is 163 Å². The number of hydrogen-bond donors (Lipinski definition) is 0. The molecule has 3 rings (SSSR count). The number of benzene rings is 1. The number of rotatable bonds is 6. The van der Waals surface area contributed by atoms with Crippen LogP contribution in [0.5, 0.6) is 0 Å². The molecule has 0 N–H and O–H groups in total. The SMILES string of the molecule is CCn1c(CCCCN2CCc3ccc(C#N)cc3C2)nnc1C(C)(C)C. The first kappa shape index (κ1) is 19.6. The Hall–Kier alpha value is -2.19. The van der Waals surface area contributed by atoms with Gasteiger partial charge in [-0.05, 0) is 56.0 Å². The Morgan fingerprint density at radius 3 is 2.67 bits per heavy atom. The first-order valence-corrected chi connectivity index (χ1v) is 10.1. The molecule has 1 aromatic heterocycles. The maximum Gasteiger partial charge on any atom is 0.138 e. The number of aromatic nitrogens is 3. The van der Waals surface area contributed by atoms with Crippen LogP contribution >= 0.6 is 0 Å². The molecule has 1 aliphatic rings. The molecule has 1 aromatic carbocycles. The molecule has 0 atom stereocenters. The van der Waals surface area contributed by atoms with E-state index in [0.717, 1.165) is 69.1 Å². The van der Waals surface area contributed by atoms with Gasteiger partial charge in [0.2, 0.25) is 0 Å². The molecule has 0 bridgehead atoms. The minimum absolute atomic E-state index is 0.0325. The van der Waals surface area contributed by atoms with E-state index in [9.17, 15) is 0 Å². The van der Waals surface area contributed by atoms with Gasteiger partial charge in [-0.15, -0.1) is 10.2 Å². The van der Waals surface area contributed by atoms with Crippen LogP contribution in [0.4, 0.5) is 0 Å². The van der Waals surface area contributed by atoms with Crippen molar-refractivity contribution in [2.75, 3.05) is 13.1 Å². The number of fused-ring (bicyclic) bond motifs is 1. The molecule has 0 saturated carbocycles. The van der Waals surface area contributed by atoms with Crippen LogP contribution in [0.2, 0.25) is 0 Å². The van der Waals surface area contributed by atoms with Crippen molar-refractivity contribution in [2.24, 2.45) is 0 Å². The van der Waals surface area contributed by atoms with E-state index in [1.54, 1.807) is 0 Å². The summed E-state index contributed by atoms with van der Waals surface area (Å²) in [5, 5.41) is 18.0. The molecule has 5 heteroatoms. The van der Waals surface area contributed by atoms with E-state index < -0.39 is 0 Å². The zero-order valence-electron chi connectivity index (χ0n) is 17.1. The fourth-order valence-electron chi connectivity index (χ4n) is 3.90. The number of nitriles is 1.